The van der Waals surface area contributed by atoms with Gasteiger partial charge in [-0.25, -0.2) is 0 Å². The van der Waals surface area contributed by atoms with Crippen molar-refractivity contribution in [2.75, 3.05) is 19.0 Å². The first kappa shape index (κ1) is 16.0. The van der Waals surface area contributed by atoms with E-state index in [1.807, 2.05) is 6.92 Å². The highest BCUT2D eigenvalue weighted by molar-refractivity contribution is 7.99. The van der Waals surface area contributed by atoms with Gasteiger partial charge in [-0.15, -0.1) is 10.2 Å². The van der Waals surface area contributed by atoms with Gasteiger partial charge < -0.3 is 9.30 Å². The SMILES string of the molecule is CCCn1c(SCCOCC)nnc1-c1cccc(C)c1. The van der Waals surface area contributed by atoms with Gasteiger partial charge in [-0.3, -0.25) is 0 Å². The Bertz CT molecular complexity index is 568. The molecular weight excluding hydrogens is 282 g/mol. The molecule has 0 unspecified atom stereocenters. The zero-order valence-electron chi connectivity index (χ0n) is 13.0. The van der Waals surface area contributed by atoms with E-state index < -0.39 is 0 Å². The Morgan fingerprint density at radius 1 is 1.24 bits per heavy atom. The summed E-state index contributed by atoms with van der Waals surface area (Å²) >= 11 is 1.71. The van der Waals surface area contributed by atoms with Crippen molar-refractivity contribution in [1.82, 2.24) is 14.8 Å². The molecule has 0 spiro atoms. The molecule has 0 saturated carbocycles. The predicted octanol–water partition coefficient (Wildman–Crippen LogP) is 3.79. The Hall–Kier alpha value is -1.33. The minimum absolute atomic E-state index is 0.750. The summed E-state index contributed by atoms with van der Waals surface area (Å²) in [6.45, 7) is 8.74. The Kier molecular flexibility index (Phi) is 6.26. The lowest BCUT2D eigenvalue weighted by Crippen LogP contribution is -2.03. The molecule has 2 aromatic rings. The Morgan fingerprint density at radius 2 is 2.10 bits per heavy atom. The highest BCUT2D eigenvalue weighted by Gasteiger charge is 2.13. The lowest BCUT2D eigenvalue weighted by molar-refractivity contribution is 0.164. The van der Waals surface area contributed by atoms with E-state index in [-0.39, 0.29) is 0 Å². The molecule has 0 bridgehead atoms. The summed E-state index contributed by atoms with van der Waals surface area (Å²) in [7, 11) is 0. The van der Waals surface area contributed by atoms with Crippen LogP contribution in [0.4, 0.5) is 0 Å². The average Bonchev–Trinajstić information content (AvgIpc) is 2.87. The van der Waals surface area contributed by atoms with Crippen LogP contribution in [0.5, 0.6) is 0 Å². The third kappa shape index (κ3) is 4.32. The summed E-state index contributed by atoms with van der Waals surface area (Å²) in [6.07, 6.45) is 1.07. The fourth-order valence-electron chi connectivity index (χ4n) is 2.15. The van der Waals surface area contributed by atoms with Crippen molar-refractivity contribution in [3.8, 4) is 11.4 Å². The number of aryl methyl sites for hydroxylation is 1. The molecule has 0 aliphatic heterocycles. The van der Waals surface area contributed by atoms with E-state index >= 15 is 0 Å². The summed E-state index contributed by atoms with van der Waals surface area (Å²) in [5, 5.41) is 9.73. The van der Waals surface area contributed by atoms with Crippen LogP contribution in [0.25, 0.3) is 11.4 Å². The van der Waals surface area contributed by atoms with Gasteiger partial charge in [0, 0.05) is 24.5 Å². The molecule has 114 valence electrons. The first-order chi connectivity index (χ1) is 10.3. The predicted molar refractivity (Wildman–Crippen MR) is 87.7 cm³/mol. The monoisotopic (exact) mass is 305 g/mol. The summed E-state index contributed by atoms with van der Waals surface area (Å²) < 4.78 is 7.60. The molecule has 1 aromatic heterocycles. The van der Waals surface area contributed by atoms with Crippen LogP contribution < -0.4 is 0 Å². The van der Waals surface area contributed by atoms with Crippen molar-refractivity contribution in [3.63, 3.8) is 0 Å². The van der Waals surface area contributed by atoms with E-state index in [2.05, 4.69) is 52.9 Å². The van der Waals surface area contributed by atoms with Crippen LogP contribution >= 0.6 is 11.8 Å². The van der Waals surface area contributed by atoms with E-state index in [4.69, 9.17) is 4.74 Å². The lowest BCUT2D eigenvalue weighted by atomic mass is 10.1. The molecule has 0 N–H and O–H groups in total. The maximum absolute atomic E-state index is 5.38. The third-order valence-corrected chi connectivity index (χ3v) is 4.03. The number of rotatable bonds is 8. The number of aromatic nitrogens is 3. The van der Waals surface area contributed by atoms with Crippen molar-refractivity contribution in [2.24, 2.45) is 0 Å². The number of hydrogen-bond acceptors (Lipinski definition) is 4. The summed E-state index contributed by atoms with van der Waals surface area (Å²) in [4.78, 5) is 0. The summed E-state index contributed by atoms with van der Waals surface area (Å²) in [5.74, 6) is 1.86. The normalized spacial score (nSPS) is 11.0. The van der Waals surface area contributed by atoms with Crippen LogP contribution in [0.3, 0.4) is 0 Å². The third-order valence-electron chi connectivity index (χ3n) is 3.10. The quantitative estimate of drug-likeness (QED) is 0.549. The number of nitrogens with zero attached hydrogens (tertiary/aromatic N) is 3. The maximum Gasteiger partial charge on any atom is 0.191 e. The number of ether oxygens (including phenoxy) is 1. The fraction of sp³-hybridized carbons (Fsp3) is 0.500. The Morgan fingerprint density at radius 3 is 2.81 bits per heavy atom. The topological polar surface area (TPSA) is 39.9 Å². The van der Waals surface area contributed by atoms with Crippen molar-refractivity contribution >= 4 is 11.8 Å². The van der Waals surface area contributed by atoms with Crippen LogP contribution in [0.1, 0.15) is 25.8 Å². The highest BCUT2D eigenvalue weighted by Crippen LogP contribution is 2.24. The molecular formula is C16H23N3OS. The Balaban J connectivity index is 2.20. The molecule has 0 radical (unpaired) electrons. The minimum Gasteiger partial charge on any atom is -0.381 e. The molecule has 4 nitrogen and oxygen atoms in total. The second-order valence-electron chi connectivity index (χ2n) is 4.87. The van der Waals surface area contributed by atoms with Crippen LogP contribution in [0.2, 0.25) is 0 Å². The fourth-order valence-corrected chi connectivity index (χ4v) is 2.97. The lowest BCUT2D eigenvalue weighted by Gasteiger charge is -2.09. The molecule has 5 heteroatoms. The zero-order valence-corrected chi connectivity index (χ0v) is 13.8. The second kappa shape index (κ2) is 8.20. The van der Waals surface area contributed by atoms with E-state index in [1.54, 1.807) is 11.8 Å². The van der Waals surface area contributed by atoms with Crippen LogP contribution in [0.15, 0.2) is 29.4 Å². The van der Waals surface area contributed by atoms with Crippen LogP contribution in [-0.2, 0) is 11.3 Å². The first-order valence-electron chi connectivity index (χ1n) is 7.47. The van der Waals surface area contributed by atoms with Crippen molar-refractivity contribution in [1.29, 1.82) is 0 Å². The van der Waals surface area contributed by atoms with Gasteiger partial charge in [0.2, 0.25) is 0 Å². The largest absolute Gasteiger partial charge is 0.381 e. The van der Waals surface area contributed by atoms with E-state index in [1.165, 1.54) is 5.56 Å². The van der Waals surface area contributed by atoms with Gasteiger partial charge in [-0.05, 0) is 26.3 Å². The van der Waals surface area contributed by atoms with Gasteiger partial charge in [-0.2, -0.15) is 0 Å². The van der Waals surface area contributed by atoms with Crippen molar-refractivity contribution < 1.29 is 4.74 Å². The highest BCUT2D eigenvalue weighted by atomic mass is 32.2. The smallest absolute Gasteiger partial charge is 0.191 e. The van der Waals surface area contributed by atoms with Gasteiger partial charge in [0.1, 0.15) is 0 Å². The van der Waals surface area contributed by atoms with Crippen molar-refractivity contribution in [3.05, 3.63) is 29.8 Å². The standard InChI is InChI=1S/C16H23N3OS/c1-4-9-19-15(14-8-6-7-13(3)12-14)17-18-16(19)21-11-10-20-5-2/h6-8,12H,4-5,9-11H2,1-3H3. The minimum atomic E-state index is 0.750. The molecule has 0 aliphatic rings. The zero-order chi connectivity index (χ0) is 15.1. The van der Waals surface area contributed by atoms with E-state index in [0.29, 0.717) is 0 Å². The first-order valence-corrected chi connectivity index (χ1v) is 8.45. The number of hydrogen-bond donors (Lipinski definition) is 0. The van der Waals surface area contributed by atoms with E-state index in [9.17, 15) is 0 Å². The van der Waals surface area contributed by atoms with Crippen molar-refractivity contribution in [2.45, 2.75) is 38.9 Å². The molecule has 0 saturated heterocycles. The number of thioether (sulfide) groups is 1. The summed E-state index contributed by atoms with van der Waals surface area (Å²) in [6, 6.07) is 8.42. The van der Waals surface area contributed by atoms with Crippen LogP contribution in [-0.4, -0.2) is 33.7 Å². The number of benzene rings is 1. The van der Waals surface area contributed by atoms with Gasteiger partial charge in [0.25, 0.3) is 0 Å². The second-order valence-corrected chi connectivity index (χ2v) is 5.93. The van der Waals surface area contributed by atoms with Crippen LogP contribution in [0, 0.1) is 6.92 Å². The molecule has 0 aliphatic carbocycles. The molecule has 21 heavy (non-hydrogen) atoms. The molecule has 0 fully saturated rings. The van der Waals surface area contributed by atoms with E-state index in [0.717, 1.165) is 48.5 Å². The molecule has 1 aromatic carbocycles. The Labute approximate surface area is 130 Å². The summed E-state index contributed by atoms with van der Waals surface area (Å²) in [5.41, 5.74) is 2.37. The molecule has 2 rings (SSSR count). The maximum atomic E-state index is 5.38. The molecule has 0 amide bonds. The molecule has 1 heterocycles. The van der Waals surface area contributed by atoms with Gasteiger partial charge in [-0.1, -0.05) is 42.4 Å². The van der Waals surface area contributed by atoms with Gasteiger partial charge in [0.15, 0.2) is 11.0 Å². The van der Waals surface area contributed by atoms with Gasteiger partial charge in [0.05, 0.1) is 6.61 Å². The molecule has 0 atom stereocenters. The average molecular weight is 305 g/mol. The van der Waals surface area contributed by atoms with Gasteiger partial charge >= 0.3 is 0 Å².